The summed E-state index contributed by atoms with van der Waals surface area (Å²) in [6.07, 6.45) is 4.22. The number of ether oxygens (including phenoxy) is 1. The molecule has 0 saturated heterocycles. The van der Waals surface area contributed by atoms with Crippen LogP contribution in [0.1, 0.15) is 38.7 Å². The monoisotopic (exact) mass is 262 g/mol. The van der Waals surface area contributed by atoms with Gasteiger partial charge in [0.1, 0.15) is 11.9 Å². The number of aliphatic hydroxyl groups excluding tert-OH is 1. The molecule has 0 saturated carbocycles. The first-order valence-electron chi connectivity index (χ1n) is 6.79. The number of carbonyl (C=O) groups is 1. The number of aliphatic hydroxyl groups is 1. The second-order valence-corrected chi connectivity index (χ2v) is 4.63. The van der Waals surface area contributed by atoms with Crippen LogP contribution in [0.4, 0.5) is 0 Å². The fourth-order valence-electron chi connectivity index (χ4n) is 1.80. The Labute approximate surface area is 114 Å². The molecule has 3 nitrogen and oxygen atoms in total. The summed E-state index contributed by atoms with van der Waals surface area (Å²) in [7, 11) is 0. The molecule has 19 heavy (non-hydrogen) atoms. The molecular weight excluding hydrogens is 240 g/mol. The van der Waals surface area contributed by atoms with E-state index in [4.69, 9.17) is 4.74 Å². The van der Waals surface area contributed by atoms with E-state index in [1.807, 2.05) is 30.3 Å². The van der Waals surface area contributed by atoms with Gasteiger partial charge in [0, 0.05) is 6.42 Å². The van der Waals surface area contributed by atoms with Crippen LogP contribution in [-0.2, 0) is 16.0 Å². The predicted molar refractivity (Wildman–Crippen MR) is 75.9 cm³/mol. The third kappa shape index (κ3) is 6.09. The van der Waals surface area contributed by atoms with E-state index >= 15 is 0 Å². The van der Waals surface area contributed by atoms with Crippen LogP contribution in [0.25, 0.3) is 0 Å². The fraction of sp³-hybridized carbons (Fsp3) is 0.438. The second-order valence-electron chi connectivity index (χ2n) is 4.63. The molecule has 1 aromatic carbocycles. The molecule has 3 heteroatoms. The minimum absolute atomic E-state index is 0.120. The maximum Gasteiger partial charge on any atom is 0.334 e. The van der Waals surface area contributed by atoms with Crippen molar-refractivity contribution in [3.05, 3.63) is 47.7 Å². The minimum Gasteiger partial charge on any atom is -0.512 e. The molecule has 0 aliphatic carbocycles. The van der Waals surface area contributed by atoms with Crippen LogP contribution in [0.3, 0.4) is 0 Å². The smallest absolute Gasteiger partial charge is 0.334 e. The van der Waals surface area contributed by atoms with E-state index in [1.165, 1.54) is 12.0 Å². The number of hydrogen-bond donors (Lipinski definition) is 1. The van der Waals surface area contributed by atoms with Gasteiger partial charge in [-0.2, -0.15) is 0 Å². The summed E-state index contributed by atoms with van der Waals surface area (Å²) in [6.45, 7) is 4.25. The van der Waals surface area contributed by atoms with Gasteiger partial charge in [-0.25, -0.2) is 4.79 Å². The number of benzene rings is 1. The van der Waals surface area contributed by atoms with Crippen molar-refractivity contribution in [2.45, 2.75) is 45.6 Å². The number of esters is 1. The van der Waals surface area contributed by atoms with Crippen molar-refractivity contribution in [2.24, 2.45) is 0 Å². The lowest BCUT2D eigenvalue weighted by Crippen LogP contribution is -2.23. The average molecular weight is 262 g/mol. The molecule has 1 heterocycles. The Morgan fingerprint density at radius 3 is 2.47 bits per heavy atom. The summed E-state index contributed by atoms with van der Waals surface area (Å²) >= 11 is 0. The molecule has 1 unspecified atom stereocenters. The molecule has 0 radical (unpaired) electrons. The first-order valence-corrected chi connectivity index (χ1v) is 6.79. The SMILES string of the molecule is CCC.O=C1C=C(O)CC(CCc2ccccc2)O1. The maximum atomic E-state index is 11.0. The highest BCUT2D eigenvalue weighted by molar-refractivity contribution is 5.83. The maximum absolute atomic E-state index is 11.0. The highest BCUT2D eigenvalue weighted by atomic mass is 16.5. The Morgan fingerprint density at radius 2 is 1.89 bits per heavy atom. The zero-order valence-electron chi connectivity index (χ0n) is 11.6. The largest absolute Gasteiger partial charge is 0.512 e. The van der Waals surface area contributed by atoms with Gasteiger partial charge in [0.25, 0.3) is 0 Å². The molecule has 0 aromatic heterocycles. The Kier molecular flexibility index (Phi) is 6.72. The highest BCUT2D eigenvalue weighted by Crippen LogP contribution is 2.18. The van der Waals surface area contributed by atoms with Gasteiger partial charge in [0.2, 0.25) is 0 Å². The molecule has 0 spiro atoms. The Morgan fingerprint density at radius 1 is 1.26 bits per heavy atom. The normalized spacial score (nSPS) is 17.9. The third-order valence-corrected chi connectivity index (χ3v) is 2.60. The van der Waals surface area contributed by atoms with Crippen molar-refractivity contribution >= 4 is 5.97 Å². The summed E-state index contributed by atoms with van der Waals surface area (Å²) in [5.41, 5.74) is 1.22. The molecule has 1 aliphatic heterocycles. The molecule has 104 valence electrons. The van der Waals surface area contributed by atoms with E-state index in [-0.39, 0.29) is 11.9 Å². The average Bonchev–Trinajstić information content (AvgIpc) is 2.37. The van der Waals surface area contributed by atoms with E-state index in [9.17, 15) is 9.90 Å². The van der Waals surface area contributed by atoms with Crippen molar-refractivity contribution in [2.75, 3.05) is 0 Å². The predicted octanol–water partition coefficient (Wildman–Crippen LogP) is 3.79. The number of aryl methyl sites for hydroxylation is 1. The Hall–Kier alpha value is -1.77. The van der Waals surface area contributed by atoms with E-state index in [2.05, 4.69) is 13.8 Å². The number of carbonyl (C=O) groups excluding carboxylic acids is 1. The lowest BCUT2D eigenvalue weighted by atomic mass is 10.0. The standard InChI is InChI=1S/C13H14O3.C3H8/c14-11-8-12(16-13(15)9-11)7-6-10-4-2-1-3-5-10;1-3-2/h1-5,9,12,14H,6-8H2;3H2,1-2H3. The van der Waals surface area contributed by atoms with Crippen LogP contribution in [0.5, 0.6) is 0 Å². The summed E-state index contributed by atoms with van der Waals surface area (Å²) in [5, 5.41) is 9.31. The van der Waals surface area contributed by atoms with Crippen molar-refractivity contribution in [1.29, 1.82) is 0 Å². The molecule has 0 bridgehead atoms. The topological polar surface area (TPSA) is 46.5 Å². The van der Waals surface area contributed by atoms with Gasteiger partial charge >= 0.3 is 5.97 Å². The zero-order valence-corrected chi connectivity index (χ0v) is 11.6. The number of hydrogen-bond acceptors (Lipinski definition) is 3. The summed E-state index contributed by atoms with van der Waals surface area (Å²) in [4.78, 5) is 11.0. The molecule has 2 rings (SSSR count). The van der Waals surface area contributed by atoms with Crippen LogP contribution < -0.4 is 0 Å². The fourth-order valence-corrected chi connectivity index (χ4v) is 1.80. The minimum atomic E-state index is -0.443. The van der Waals surface area contributed by atoms with Crippen LogP contribution in [0.2, 0.25) is 0 Å². The van der Waals surface area contributed by atoms with E-state index in [0.717, 1.165) is 18.9 Å². The zero-order chi connectivity index (χ0) is 14.1. The molecule has 1 N–H and O–H groups in total. The van der Waals surface area contributed by atoms with Gasteiger partial charge in [-0.15, -0.1) is 0 Å². The van der Waals surface area contributed by atoms with Gasteiger partial charge in [-0.3, -0.25) is 0 Å². The van der Waals surface area contributed by atoms with Gasteiger partial charge in [-0.05, 0) is 18.4 Å². The van der Waals surface area contributed by atoms with Gasteiger partial charge in [0.15, 0.2) is 0 Å². The van der Waals surface area contributed by atoms with Crippen molar-refractivity contribution in [3.8, 4) is 0 Å². The van der Waals surface area contributed by atoms with Crippen molar-refractivity contribution in [1.82, 2.24) is 0 Å². The molecular formula is C16H22O3. The molecule has 1 aromatic rings. The number of rotatable bonds is 3. The summed E-state index contributed by atoms with van der Waals surface area (Å²) in [6, 6.07) is 10.0. The van der Waals surface area contributed by atoms with Gasteiger partial charge in [0.05, 0.1) is 6.08 Å². The molecule has 0 fully saturated rings. The molecule has 1 atom stereocenters. The first kappa shape index (κ1) is 15.3. The van der Waals surface area contributed by atoms with Gasteiger partial charge in [-0.1, -0.05) is 50.6 Å². The quantitative estimate of drug-likeness (QED) is 0.843. The lowest BCUT2D eigenvalue weighted by Gasteiger charge is -2.20. The second kappa shape index (κ2) is 8.35. The summed E-state index contributed by atoms with van der Waals surface area (Å²) in [5.74, 6) is -0.323. The summed E-state index contributed by atoms with van der Waals surface area (Å²) < 4.78 is 5.10. The van der Waals surface area contributed by atoms with Crippen LogP contribution in [0, 0.1) is 0 Å². The third-order valence-electron chi connectivity index (χ3n) is 2.60. The number of cyclic esters (lactones) is 1. The molecule has 0 amide bonds. The van der Waals surface area contributed by atoms with E-state index < -0.39 is 5.97 Å². The Bertz CT molecular complexity index is 409. The van der Waals surface area contributed by atoms with E-state index in [1.54, 1.807) is 0 Å². The molecule has 1 aliphatic rings. The Balaban J connectivity index is 0.000000550. The highest BCUT2D eigenvalue weighted by Gasteiger charge is 2.20. The van der Waals surface area contributed by atoms with Gasteiger partial charge < -0.3 is 9.84 Å². The van der Waals surface area contributed by atoms with Crippen LogP contribution in [0.15, 0.2) is 42.2 Å². The van der Waals surface area contributed by atoms with Crippen LogP contribution in [-0.4, -0.2) is 17.2 Å². The lowest BCUT2D eigenvalue weighted by molar-refractivity contribution is -0.145. The van der Waals surface area contributed by atoms with Crippen LogP contribution >= 0.6 is 0 Å². The van der Waals surface area contributed by atoms with Crippen molar-refractivity contribution < 1.29 is 14.6 Å². The van der Waals surface area contributed by atoms with E-state index in [0.29, 0.717) is 6.42 Å². The van der Waals surface area contributed by atoms with Crippen molar-refractivity contribution in [3.63, 3.8) is 0 Å². The first-order chi connectivity index (χ1) is 9.15.